The molecule has 0 fully saturated rings. The third kappa shape index (κ3) is 4.44. The highest BCUT2D eigenvalue weighted by molar-refractivity contribution is 5.99. The first-order chi connectivity index (χ1) is 11.2. The van der Waals surface area contributed by atoms with Crippen molar-refractivity contribution in [2.24, 2.45) is 0 Å². The van der Waals surface area contributed by atoms with Crippen LogP contribution >= 0.6 is 0 Å². The van der Waals surface area contributed by atoms with Gasteiger partial charge in [-0.05, 0) is 46.8 Å². The molecule has 128 valence electrons. The summed E-state index contributed by atoms with van der Waals surface area (Å²) in [7, 11) is 0. The van der Waals surface area contributed by atoms with E-state index in [0.717, 1.165) is 5.56 Å². The summed E-state index contributed by atoms with van der Waals surface area (Å²) in [6.07, 6.45) is 0. The predicted octanol–water partition coefficient (Wildman–Crippen LogP) is 3.17. The van der Waals surface area contributed by atoms with Gasteiger partial charge in [0, 0.05) is 17.2 Å². The Kier molecular flexibility index (Phi) is 5.07. The van der Waals surface area contributed by atoms with Crippen molar-refractivity contribution in [2.75, 3.05) is 11.9 Å². The van der Waals surface area contributed by atoms with Crippen LogP contribution in [0.2, 0.25) is 0 Å². The quantitative estimate of drug-likeness (QED) is 0.935. The molecule has 0 saturated carbocycles. The van der Waals surface area contributed by atoms with E-state index in [-0.39, 0.29) is 18.4 Å². The minimum atomic E-state index is -0.501. The van der Waals surface area contributed by atoms with Crippen LogP contribution in [0.5, 0.6) is 0 Å². The normalized spacial score (nSPS) is 11.2. The number of aromatic nitrogens is 1. The van der Waals surface area contributed by atoms with Crippen LogP contribution in [0.1, 0.15) is 42.5 Å². The van der Waals surface area contributed by atoms with Crippen LogP contribution in [-0.4, -0.2) is 34.0 Å². The Bertz CT molecular complexity index is 727. The molecule has 24 heavy (non-hydrogen) atoms. The fourth-order valence-electron chi connectivity index (χ4n) is 2.22. The SMILES string of the molecule is Cc1ccc(C(=O)N(CC(=O)Nc2cc(C)on2)C(C)(C)C)cc1. The standard InChI is InChI=1S/C18H23N3O3/c1-12-6-8-14(9-7-12)17(23)21(18(3,4)5)11-16(22)19-15-10-13(2)24-20-15/h6-10H,11H2,1-5H3,(H,19,20,22). The monoisotopic (exact) mass is 329 g/mol. The summed E-state index contributed by atoms with van der Waals surface area (Å²) in [6, 6.07) is 8.93. The smallest absolute Gasteiger partial charge is 0.254 e. The summed E-state index contributed by atoms with van der Waals surface area (Å²) in [6.45, 7) is 9.32. The van der Waals surface area contributed by atoms with Crippen molar-refractivity contribution in [3.05, 3.63) is 47.2 Å². The van der Waals surface area contributed by atoms with Crippen molar-refractivity contribution < 1.29 is 14.1 Å². The maximum absolute atomic E-state index is 12.8. The number of carbonyl (C=O) groups excluding carboxylic acids is 2. The van der Waals surface area contributed by atoms with Gasteiger partial charge in [-0.3, -0.25) is 9.59 Å². The molecule has 6 nitrogen and oxygen atoms in total. The molecule has 0 spiro atoms. The largest absolute Gasteiger partial charge is 0.360 e. The number of amides is 2. The second-order valence-electron chi connectivity index (χ2n) is 6.80. The molecule has 1 aromatic carbocycles. The second-order valence-corrected chi connectivity index (χ2v) is 6.80. The summed E-state index contributed by atoms with van der Waals surface area (Å²) >= 11 is 0. The Labute approximate surface area is 141 Å². The highest BCUT2D eigenvalue weighted by atomic mass is 16.5. The molecule has 0 unspecified atom stereocenters. The Morgan fingerprint density at radius 3 is 2.29 bits per heavy atom. The number of hydrogen-bond acceptors (Lipinski definition) is 4. The van der Waals surface area contributed by atoms with Crippen molar-refractivity contribution in [1.29, 1.82) is 0 Å². The third-order valence-electron chi connectivity index (χ3n) is 3.55. The Balaban J connectivity index is 2.14. The van der Waals surface area contributed by atoms with E-state index >= 15 is 0 Å². The van der Waals surface area contributed by atoms with Gasteiger partial charge in [-0.2, -0.15) is 0 Å². The van der Waals surface area contributed by atoms with Crippen molar-refractivity contribution >= 4 is 17.6 Å². The van der Waals surface area contributed by atoms with Crippen molar-refractivity contribution in [1.82, 2.24) is 10.1 Å². The van der Waals surface area contributed by atoms with Gasteiger partial charge in [0.2, 0.25) is 5.91 Å². The molecule has 2 rings (SSSR count). The van der Waals surface area contributed by atoms with E-state index in [2.05, 4.69) is 10.5 Å². The zero-order chi connectivity index (χ0) is 17.9. The van der Waals surface area contributed by atoms with Gasteiger partial charge in [-0.25, -0.2) is 0 Å². The molecule has 2 aromatic rings. The highest BCUT2D eigenvalue weighted by Gasteiger charge is 2.29. The summed E-state index contributed by atoms with van der Waals surface area (Å²) in [5, 5.41) is 6.37. The number of rotatable bonds is 4. The first-order valence-electron chi connectivity index (χ1n) is 7.78. The lowest BCUT2D eigenvalue weighted by Crippen LogP contribution is -2.49. The number of nitrogens with zero attached hydrogens (tertiary/aromatic N) is 2. The molecule has 0 aliphatic heterocycles. The van der Waals surface area contributed by atoms with Gasteiger partial charge in [-0.1, -0.05) is 22.9 Å². The third-order valence-corrected chi connectivity index (χ3v) is 3.55. The van der Waals surface area contributed by atoms with Crippen molar-refractivity contribution in [2.45, 2.75) is 40.2 Å². The van der Waals surface area contributed by atoms with E-state index in [1.807, 2.05) is 39.8 Å². The van der Waals surface area contributed by atoms with E-state index in [4.69, 9.17) is 4.52 Å². The van der Waals surface area contributed by atoms with Gasteiger partial charge < -0.3 is 14.7 Å². The van der Waals surface area contributed by atoms with Gasteiger partial charge in [-0.15, -0.1) is 0 Å². The highest BCUT2D eigenvalue weighted by Crippen LogP contribution is 2.18. The molecule has 1 N–H and O–H groups in total. The maximum atomic E-state index is 12.8. The van der Waals surface area contributed by atoms with Gasteiger partial charge in [0.25, 0.3) is 5.91 Å². The van der Waals surface area contributed by atoms with E-state index in [1.165, 1.54) is 0 Å². The van der Waals surface area contributed by atoms with Crippen LogP contribution in [0.25, 0.3) is 0 Å². The summed E-state index contributed by atoms with van der Waals surface area (Å²) in [5.41, 5.74) is 1.13. The first-order valence-corrected chi connectivity index (χ1v) is 7.78. The lowest BCUT2D eigenvalue weighted by atomic mass is 10.0. The Morgan fingerprint density at radius 2 is 1.79 bits per heavy atom. The van der Waals surface area contributed by atoms with Crippen LogP contribution in [0.15, 0.2) is 34.9 Å². The Morgan fingerprint density at radius 1 is 1.17 bits per heavy atom. The number of benzene rings is 1. The second kappa shape index (κ2) is 6.86. The van der Waals surface area contributed by atoms with Crippen molar-refractivity contribution in [3.8, 4) is 0 Å². The number of anilines is 1. The zero-order valence-corrected chi connectivity index (χ0v) is 14.7. The summed E-state index contributed by atoms with van der Waals surface area (Å²) < 4.78 is 4.92. The summed E-state index contributed by atoms with van der Waals surface area (Å²) in [5.74, 6) is 0.440. The molecular weight excluding hydrogens is 306 g/mol. The van der Waals surface area contributed by atoms with E-state index in [9.17, 15) is 9.59 Å². The zero-order valence-electron chi connectivity index (χ0n) is 14.7. The van der Waals surface area contributed by atoms with Gasteiger partial charge in [0.1, 0.15) is 12.3 Å². The molecule has 6 heteroatoms. The van der Waals surface area contributed by atoms with Gasteiger partial charge in [0.05, 0.1) is 0 Å². The van der Waals surface area contributed by atoms with Crippen LogP contribution in [0.3, 0.4) is 0 Å². The maximum Gasteiger partial charge on any atom is 0.254 e. The number of nitrogens with one attached hydrogen (secondary N) is 1. The number of carbonyl (C=O) groups is 2. The molecule has 0 aliphatic rings. The predicted molar refractivity (Wildman–Crippen MR) is 91.8 cm³/mol. The van der Waals surface area contributed by atoms with E-state index < -0.39 is 5.54 Å². The minimum Gasteiger partial charge on any atom is -0.360 e. The minimum absolute atomic E-state index is 0.0673. The fraction of sp³-hybridized carbons (Fsp3) is 0.389. The van der Waals surface area contributed by atoms with E-state index in [1.54, 1.807) is 30.0 Å². The summed E-state index contributed by atoms with van der Waals surface area (Å²) in [4.78, 5) is 26.6. The fourth-order valence-corrected chi connectivity index (χ4v) is 2.22. The average Bonchev–Trinajstić information content (AvgIpc) is 2.89. The molecule has 2 amide bonds. The molecule has 0 radical (unpaired) electrons. The Hall–Kier alpha value is -2.63. The molecule has 1 heterocycles. The lowest BCUT2D eigenvalue weighted by molar-refractivity contribution is -0.117. The van der Waals surface area contributed by atoms with Crippen LogP contribution < -0.4 is 5.32 Å². The van der Waals surface area contributed by atoms with Crippen LogP contribution in [-0.2, 0) is 4.79 Å². The first kappa shape index (κ1) is 17.7. The lowest BCUT2D eigenvalue weighted by Gasteiger charge is -2.35. The van der Waals surface area contributed by atoms with Crippen LogP contribution in [0.4, 0.5) is 5.82 Å². The number of aryl methyl sites for hydroxylation is 2. The number of hydrogen-bond donors (Lipinski definition) is 1. The molecule has 0 atom stereocenters. The topological polar surface area (TPSA) is 75.4 Å². The van der Waals surface area contributed by atoms with Crippen LogP contribution in [0, 0.1) is 13.8 Å². The molecule has 0 bridgehead atoms. The molecule has 0 saturated heterocycles. The average molecular weight is 329 g/mol. The van der Waals surface area contributed by atoms with Gasteiger partial charge in [0.15, 0.2) is 5.82 Å². The molecule has 1 aromatic heterocycles. The molecule has 0 aliphatic carbocycles. The molecular formula is C18H23N3O3. The van der Waals surface area contributed by atoms with Gasteiger partial charge >= 0.3 is 0 Å². The van der Waals surface area contributed by atoms with Crippen molar-refractivity contribution in [3.63, 3.8) is 0 Å². The van der Waals surface area contributed by atoms with E-state index in [0.29, 0.717) is 17.1 Å².